The monoisotopic (exact) mass is 274 g/mol. The van der Waals surface area contributed by atoms with Crippen LogP contribution in [0.15, 0.2) is 47.8 Å². The van der Waals surface area contributed by atoms with Gasteiger partial charge < -0.3 is 9.84 Å². The van der Waals surface area contributed by atoms with Crippen LogP contribution in [0.3, 0.4) is 0 Å². The zero-order valence-corrected chi connectivity index (χ0v) is 11.6. The first-order valence-electron chi connectivity index (χ1n) is 6.71. The smallest absolute Gasteiger partial charge is 0.127 e. The molecule has 3 heteroatoms. The number of ether oxygens (including phenoxy) is 1. The van der Waals surface area contributed by atoms with Crippen molar-refractivity contribution in [2.45, 2.75) is 18.4 Å². The van der Waals surface area contributed by atoms with Gasteiger partial charge in [-0.15, -0.1) is 11.3 Å². The lowest BCUT2D eigenvalue weighted by Gasteiger charge is -2.38. The molecule has 0 bridgehead atoms. The minimum absolute atomic E-state index is 0.224. The maximum absolute atomic E-state index is 11.4. The molecule has 2 heterocycles. The first-order chi connectivity index (χ1) is 9.32. The average molecular weight is 274 g/mol. The van der Waals surface area contributed by atoms with E-state index in [4.69, 9.17) is 4.74 Å². The van der Waals surface area contributed by atoms with Crippen LogP contribution in [0.5, 0.6) is 0 Å². The van der Waals surface area contributed by atoms with Gasteiger partial charge in [0, 0.05) is 24.0 Å². The molecule has 1 aromatic heterocycles. The van der Waals surface area contributed by atoms with Crippen LogP contribution in [0.1, 0.15) is 23.3 Å². The largest absolute Gasteiger partial charge is 0.381 e. The number of thiophene rings is 1. The zero-order valence-electron chi connectivity index (χ0n) is 10.8. The van der Waals surface area contributed by atoms with Gasteiger partial charge in [-0.1, -0.05) is 36.4 Å². The third-order valence-electron chi connectivity index (χ3n) is 3.92. The molecular formula is C16H18O2S. The molecule has 1 fully saturated rings. The topological polar surface area (TPSA) is 29.5 Å². The minimum atomic E-state index is -0.876. The Balaban J connectivity index is 2.05. The fourth-order valence-electron chi connectivity index (χ4n) is 2.88. The summed E-state index contributed by atoms with van der Waals surface area (Å²) in [4.78, 5) is 1.03. The van der Waals surface area contributed by atoms with Crippen molar-refractivity contribution in [3.63, 3.8) is 0 Å². The van der Waals surface area contributed by atoms with Crippen LogP contribution in [0, 0.1) is 5.92 Å². The minimum Gasteiger partial charge on any atom is -0.381 e. The van der Waals surface area contributed by atoms with Crippen LogP contribution < -0.4 is 0 Å². The van der Waals surface area contributed by atoms with Crippen molar-refractivity contribution in [2.24, 2.45) is 5.92 Å². The fraction of sp³-hybridized carbons (Fsp3) is 0.375. The van der Waals surface area contributed by atoms with Gasteiger partial charge in [0.05, 0.1) is 0 Å². The first kappa shape index (κ1) is 12.9. The summed E-state index contributed by atoms with van der Waals surface area (Å²) in [6, 6.07) is 14.1. The summed E-state index contributed by atoms with van der Waals surface area (Å²) >= 11 is 1.63. The number of benzene rings is 1. The molecule has 0 radical (unpaired) electrons. The first-order valence-corrected chi connectivity index (χ1v) is 7.59. The molecule has 100 valence electrons. The molecule has 1 N–H and O–H groups in total. The highest BCUT2D eigenvalue weighted by atomic mass is 32.1. The van der Waals surface area contributed by atoms with Gasteiger partial charge in [0.2, 0.25) is 0 Å². The summed E-state index contributed by atoms with van der Waals surface area (Å²) in [5.74, 6) is 0.224. The van der Waals surface area contributed by atoms with E-state index in [0.29, 0.717) is 0 Å². The number of aliphatic hydroxyl groups is 1. The Morgan fingerprint density at radius 1 is 1.05 bits per heavy atom. The van der Waals surface area contributed by atoms with Crippen LogP contribution in [-0.4, -0.2) is 18.3 Å². The molecule has 0 aliphatic carbocycles. The van der Waals surface area contributed by atoms with E-state index in [1.54, 1.807) is 11.3 Å². The summed E-state index contributed by atoms with van der Waals surface area (Å²) < 4.78 is 5.44. The van der Waals surface area contributed by atoms with E-state index < -0.39 is 5.60 Å². The predicted octanol–water partition coefficient (Wildman–Crippen LogP) is 3.41. The van der Waals surface area contributed by atoms with Gasteiger partial charge in [0.15, 0.2) is 0 Å². The van der Waals surface area contributed by atoms with E-state index >= 15 is 0 Å². The summed E-state index contributed by atoms with van der Waals surface area (Å²) in [6.45, 7) is 1.48. The van der Waals surface area contributed by atoms with Crippen molar-refractivity contribution in [1.29, 1.82) is 0 Å². The molecule has 19 heavy (non-hydrogen) atoms. The summed E-state index contributed by atoms with van der Waals surface area (Å²) in [6.07, 6.45) is 1.81. The second kappa shape index (κ2) is 5.45. The highest BCUT2D eigenvalue weighted by Crippen LogP contribution is 2.43. The van der Waals surface area contributed by atoms with Crippen molar-refractivity contribution in [2.75, 3.05) is 13.2 Å². The zero-order chi connectivity index (χ0) is 13.1. The molecule has 1 aromatic carbocycles. The summed E-state index contributed by atoms with van der Waals surface area (Å²) in [5, 5.41) is 13.5. The normalized spacial score (nSPS) is 20.1. The van der Waals surface area contributed by atoms with Crippen molar-refractivity contribution >= 4 is 11.3 Å². The number of hydrogen-bond acceptors (Lipinski definition) is 3. The lowest BCUT2D eigenvalue weighted by molar-refractivity contribution is -0.0410. The van der Waals surface area contributed by atoms with Crippen molar-refractivity contribution in [3.8, 4) is 0 Å². The van der Waals surface area contributed by atoms with Crippen molar-refractivity contribution < 1.29 is 9.84 Å². The molecule has 0 spiro atoms. The van der Waals surface area contributed by atoms with Gasteiger partial charge in [-0.2, -0.15) is 0 Å². The fourth-order valence-corrected chi connectivity index (χ4v) is 3.81. The molecule has 3 rings (SSSR count). The third-order valence-corrected chi connectivity index (χ3v) is 4.92. The molecule has 1 aliphatic rings. The Morgan fingerprint density at radius 3 is 2.42 bits per heavy atom. The Labute approximate surface area is 117 Å². The highest BCUT2D eigenvalue weighted by Gasteiger charge is 2.41. The summed E-state index contributed by atoms with van der Waals surface area (Å²) in [7, 11) is 0. The van der Waals surface area contributed by atoms with Crippen LogP contribution in [0.2, 0.25) is 0 Å². The van der Waals surface area contributed by atoms with Gasteiger partial charge in [-0.25, -0.2) is 0 Å². The van der Waals surface area contributed by atoms with Crippen LogP contribution in [0.25, 0.3) is 0 Å². The quantitative estimate of drug-likeness (QED) is 0.929. The van der Waals surface area contributed by atoms with Crippen LogP contribution >= 0.6 is 11.3 Å². The Morgan fingerprint density at radius 2 is 1.79 bits per heavy atom. The molecule has 0 amide bonds. The Hall–Kier alpha value is -1.16. The standard InChI is InChI=1S/C16H18O2S/c17-16(15-7-4-12-19-15,13-5-2-1-3-6-13)14-8-10-18-11-9-14/h1-7,12,14,17H,8-11H2. The van der Waals surface area contributed by atoms with E-state index in [1.807, 2.05) is 47.8 Å². The molecule has 2 aromatic rings. The SMILES string of the molecule is OC(c1ccccc1)(c1cccs1)C1CCOCC1. The molecule has 1 atom stereocenters. The van der Waals surface area contributed by atoms with E-state index in [0.717, 1.165) is 36.5 Å². The molecule has 1 saturated heterocycles. The lowest BCUT2D eigenvalue weighted by atomic mass is 9.76. The van der Waals surface area contributed by atoms with Crippen LogP contribution in [-0.2, 0) is 10.3 Å². The average Bonchev–Trinajstić information content (AvgIpc) is 3.03. The molecule has 2 nitrogen and oxygen atoms in total. The predicted molar refractivity (Wildman–Crippen MR) is 77.3 cm³/mol. The summed E-state index contributed by atoms with van der Waals surface area (Å²) in [5.41, 5.74) is 0.114. The van der Waals surface area contributed by atoms with Gasteiger partial charge in [0.25, 0.3) is 0 Å². The van der Waals surface area contributed by atoms with E-state index in [-0.39, 0.29) is 5.92 Å². The maximum atomic E-state index is 11.4. The van der Waals surface area contributed by atoms with Gasteiger partial charge >= 0.3 is 0 Å². The van der Waals surface area contributed by atoms with E-state index in [9.17, 15) is 5.11 Å². The lowest BCUT2D eigenvalue weighted by Crippen LogP contribution is -2.39. The highest BCUT2D eigenvalue weighted by molar-refractivity contribution is 7.10. The molecule has 1 aliphatic heterocycles. The molecule has 1 unspecified atom stereocenters. The van der Waals surface area contributed by atoms with E-state index in [1.165, 1.54) is 0 Å². The third kappa shape index (κ3) is 2.34. The van der Waals surface area contributed by atoms with Crippen molar-refractivity contribution in [1.82, 2.24) is 0 Å². The van der Waals surface area contributed by atoms with Gasteiger partial charge in [0.1, 0.15) is 5.60 Å². The van der Waals surface area contributed by atoms with Crippen LogP contribution in [0.4, 0.5) is 0 Å². The second-order valence-electron chi connectivity index (χ2n) is 5.00. The second-order valence-corrected chi connectivity index (χ2v) is 5.94. The molecular weight excluding hydrogens is 256 g/mol. The molecule has 0 saturated carbocycles. The van der Waals surface area contributed by atoms with Gasteiger partial charge in [-0.05, 0) is 29.9 Å². The number of hydrogen-bond donors (Lipinski definition) is 1. The maximum Gasteiger partial charge on any atom is 0.127 e. The van der Waals surface area contributed by atoms with Crippen molar-refractivity contribution in [3.05, 3.63) is 58.3 Å². The van der Waals surface area contributed by atoms with Gasteiger partial charge in [-0.3, -0.25) is 0 Å². The Kier molecular flexibility index (Phi) is 3.69. The Bertz CT molecular complexity index is 503. The van der Waals surface area contributed by atoms with E-state index in [2.05, 4.69) is 0 Å². The number of rotatable bonds is 3.